The number of rotatable bonds is 19. The Kier molecular flexibility index (Phi) is 18.8. The van der Waals surface area contributed by atoms with Gasteiger partial charge in [0.05, 0.1) is 12.0 Å². The Morgan fingerprint density at radius 3 is 2.10 bits per heavy atom. The Hall–Kier alpha value is -4.70. The van der Waals surface area contributed by atoms with Gasteiger partial charge in [-0.2, -0.15) is 5.06 Å². The van der Waals surface area contributed by atoms with Crippen LogP contribution < -0.4 is 21.3 Å². The number of carbonyl (C=O) groups is 6. The van der Waals surface area contributed by atoms with Gasteiger partial charge in [-0.1, -0.05) is 70.2 Å². The van der Waals surface area contributed by atoms with Gasteiger partial charge in [-0.15, -0.1) is 0 Å². The zero-order valence-corrected chi connectivity index (χ0v) is 38.8. The number of carboxylic acids is 1. The molecule has 0 bridgehead atoms. The van der Waals surface area contributed by atoms with E-state index in [9.17, 15) is 39.1 Å². The van der Waals surface area contributed by atoms with Crippen LogP contribution in [0.25, 0.3) is 0 Å². The summed E-state index contributed by atoms with van der Waals surface area (Å²) in [5, 5.41) is 32.8. The van der Waals surface area contributed by atoms with E-state index in [1.807, 2.05) is 78.0 Å². The Labute approximate surface area is 368 Å². The molecule has 0 aromatic heterocycles. The summed E-state index contributed by atoms with van der Waals surface area (Å²) in [5.74, 6) is -3.59. The molecular weight excluding hydrogens is 797 g/mol. The number of carbonyl (C=O) groups excluding carboxylic acids is 5. The molecule has 2 unspecified atom stereocenters. The van der Waals surface area contributed by atoms with Crippen molar-refractivity contribution in [1.29, 1.82) is 0 Å². The Morgan fingerprint density at radius 2 is 1.53 bits per heavy atom. The number of amides is 5. The predicted octanol–water partition coefficient (Wildman–Crippen LogP) is 5.96. The lowest BCUT2D eigenvalue weighted by atomic mass is 9.80. The van der Waals surface area contributed by atoms with E-state index in [0.717, 1.165) is 5.56 Å². The third-order valence-electron chi connectivity index (χ3n) is 11.1. The highest BCUT2D eigenvalue weighted by Crippen LogP contribution is 2.38. The first-order chi connectivity index (χ1) is 28.8. The van der Waals surface area contributed by atoms with Crippen molar-refractivity contribution in [2.45, 2.75) is 174 Å². The van der Waals surface area contributed by atoms with E-state index in [1.54, 1.807) is 45.6 Å². The Bertz CT molecular complexity index is 1690. The molecule has 2 heterocycles. The normalized spacial score (nSPS) is 20.0. The van der Waals surface area contributed by atoms with Crippen molar-refractivity contribution >= 4 is 35.9 Å². The highest BCUT2D eigenvalue weighted by molar-refractivity contribution is 5.94. The molecule has 0 aliphatic carbocycles. The number of ether oxygens (including phenoxy) is 2. The van der Waals surface area contributed by atoms with Crippen molar-refractivity contribution < 1.29 is 48.6 Å². The highest BCUT2D eigenvalue weighted by atomic mass is 16.6. The van der Waals surface area contributed by atoms with E-state index in [-0.39, 0.29) is 31.2 Å². The smallest absolute Gasteiger partial charge is 0.408 e. The van der Waals surface area contributed by atoms with Crippen LogP contribution in [0.3, 0.4) is 0 Å². The lowest BCUT2D eigenvalue weighted by Gasteiger charge is -2.50. The van der Waals surface area contributed by atoms with E-state index in [4.69, 9.17) is 9.47 Å². The number of nitrogens with one attached hydrogen (secondary N) is 4. The molecule has 16 nitrogen and oxygen atoms in total. The number of piperidine rings is 1. The first kappa shape index (κ1) is 51.6. The van der Waals surface area contributed by atoms with Gasteiger partial charge in [0, 0.05) is 37.0 Å². The van der Waals surface area contributed by atoms with Crippen molar-refractivity contribution in [3.05, 3.63) is 48.0 Å². The summed E-state index contributed by atoms with van der Waals surface area (Å²) in [6.07, 6.45) is 4.95. The van der Waals surface area contributed by atoms with Gasteiger partial charge in [0.15, 0.2) is 0 Å². The second-order valence-corrected chi connectivity index (χ2v) is 19.8. The lowest BCUT2D eigenvalue weighted by Crippen LogP contribution is -2.60. The fourth-order valence-electron chi connectivity index (χ4n) is 8.30. The number of likely N-dealkylation sites (tertiary alicyclic amines) is 1. The van der Waals surface area contributed by atoms with E-state index in [2.05, 4.69) is 21.3 Å². The third kappa shape index (κ3) is 16.2. The van der Waals surface area contributed by atoms with Crippen LogP contribution in [0.4, 0.5) is 9.59 Å². The molecule has 2 fully saturated rings. The standard InChI is InChI=1S/C46H74N6O10/c1-29(2)25-33(48-43(59)62-44(5,6)7)22-21-32(26-31-17-13-12-14-18-31)40(55)51-24-16-20-36(51)38(53)50-37(30(3)4)39(54)49-35(41(56)57)19-15-23-47-42(58)61-34-27-45(8,9)52(60)46(10,11)28-34/h12-14,17-18,21-22,29-30,32-37,60H,15-16,19-20,23-28H2,1-11H3,(H,47,58)(H,48,59)(H,49,54)(H,50,53)(H,56,57)/b22-21+/t32-,33-,35?,36?,37+/m1/s1. The lowest BCUT2D eigenvalue weighted by molar-refractivity contribution is -0.256. The largest absolute Gasteiger partial charge is 0.480 e. The maximum atomic E-state index is 14.4. The van der Waals surface area contributed by atoms with E-state index < -0.39 is 88.8 Å². The number of carboxylic acid groups (broad SMARTS) is 1. The van der Waals surface area contributed by atoms with E-state index in [1.165, 1.54) is 5.06 Å². The van der Waals surface area contributed by atoms with Crippen molar-refractivity contribution in [3.8, 4) is 0 Å². The zero-order chi connectivity index (χ0) is 46.6. The van der Waals surface area contributed by atoms with Crippen molar-refractivity contribution in [3.63, 3.8) is 0 Å². The second kappa shape index (κ2) is 22.6. The average Bonchev–Trinajstić information content (AvgIpc) is 3.64. The number of alkyl carbamates (subject to hydrolysis) is 2. The molecule has 1 aromatic carbocycles. The predicted molar refractivity (Wildman–Crippen MR) is 235 cm³/mol. The molecular formula is C46H74N6O10. The summed E-state index contributed by atoms with van der Waals surface area (Å²) in [6, 6.07) is 5.87. The number of hydroxylamine groups is 2. The SMILES string of the molecule is CC(C)C[C@@H](/C=C/[C@H](Cc1ccccc1)C(=O)N1CCCC1C(=O)N[C@H](C(=O)NC(CCCNC(=O)OC1CC(C)(C)N(O)C(C)(C)C1)C(=O)O)C(C)C)NC(=O)OC(C)(C)C. The van der Waals surface area contributed by atoms with Gasteiger partial charge in [0.25, 0.3) is 0 Å². The van der Waals surface area contributed by atoms with Gasteiger partial charge in [0.2, 0.25) is 17.7 Å². The van der Waals surface area contributed by atoms with Crippen molar-refractivity contribution in [2.75, 3.05) is 13.1 Å². The second-order valence-electron chi connectivity index (χ2n) is 19.8. The molecule has 6 N–H and O–H groups in total. The molecule has 3 rings (SSSR count). The van der Waals surface area contributed by atoms with Gasteiger partial charge < -0.3 is 46.0 Å². The van der Waals surface area contributed by atoms with Gasteiger partial charge >= 0.3 is 18.2 Å². The van der Waals surface area contributed by atoms with E-state index >= 15 is 0 Å². The summed E-state index contributed by atoms with van der Waals surface area (Å²) in [4.78, 5) is 81.1. The maximum absolute atomic E-state index is 14.4. The summed E-state index contributed by atoms with van der Waals surface area (Å²) < 4.78 is 11.1. The quantitative estimate of drug-likeness (QED) is 0.0705. The van der Waals surface area contributed by atoms with Crippen LogP contribution in [0.5, 0.6) is 0 Å². The summed E-state index contributed by atoms with van der Waals surface area (Å²) in [5.41, 5.74) is -0.976. The minimum Gasteiger partial charge on any atom is -0.480 e. The topological polar surface area (TPSA) is 216 Å². The number of benzene rings is 1. The van der Waals surface area contributed by atoms with Crippen LogP contribution in [0.2, 0.25) is 0 Å². The fourth-order valence-corrected chi connectivity index (χ4v) is 8.30. The number of hydrogen-bond donors (Lipinski definition) is 6. The van der Waals surface area contributed by atoms with Crippen LogP contribution in [0.1, 0.15) is 127 Å². The van der Waals surface area contributed by atoms with Crippen LogP contribution in [0.15, 0.2) is 42.5 Å². The molecule has 0 spiro atoms. The molecule has 62 heavy (non-hydrogen) atoms. The minimum absolute atomic E-state index is 0.00434. The Morgan fingerprint density at radius 1 is 0.903 bits per heavy atom. The Balaban J connectivity index is 1.66. The van der Waals surface area contributed by atoms with Gasteiger partial charge in [-0.25, -0.2) is 14.4 Å². The van der Waals surface area contributed by atoms with Crippen LogP contribution >= 0.6 is 0 Å². The summed E-state index contributed by atoms with van der Waals surface area (Å²) >= 11 is 0. The van der Waals surface area contributed by atoms with Gasteiger partial charge in [-0.05, 0) is 104 Å². The van der Waals surface area contributed by atoms with Gasteiger partial charge in [0.1, 0.15) is 29.8 Å². The maximum Gasteiger partial charge on any atom is 0.408 e. The molecule has 2 aliphatic heterocycles. The molecule has 348 valence electrons. The number of aliphatic carboxylic acids is 1. The summed E-state index contributed by atoms with van der Waals surface area (Å²) in [7, 11) is 0. The molecule has 0 saturated carbocycles. The first-order valence-electron chi connectivity index (χ1n) is 22.1. The molecule has 5 amide bonds. The molecule has 16 heteroatoms. The summed E-state index contributed by atoms with van der Waals surface area (Å²) in [6.45, 7) is 20.8. The first-order valence-corrected chi connectivity index (χ1v) is 22.1. The molecule has 5 atom stereocenters. The fraction of sp³-hybridized carbons (Fsp3) is 0.696. The van der Waals surface area contributed by atoms with Crippen molar-refractivity contribution in [1.82, 2.24) is 31.2 Å². The minimum atomic E-state index is -1.30. The van der Waals surface area contributed by atoms with Crippen LogP contribution in [0, 0.1) is 17.8 Å². The number of nitrogens with zero attached hydrogens (tertiary/aromatic N) is 2. The van der Waals surface area contributed by atoms with Crippen molar-refractivity contribution in [2.24, 2.45) is 17.8 Å². The molecule has 2 aliphatic rings. The van der Waals surface area contributed by atoms with Crippen LogP contribution in [-0.2, 0) is 35.1 Å². The van der Waals surface area contributed by atoms with Crippen LogP contribution in [-0.4, -0.2) is 116 Å². The zero-order valence-electron chi connectivity index (χ0n) is 38.8. The monoisotopic (exact) mass is 871 g/mol. The molecule has 1 aromatic rings. The number of hydrogen-bond acceptors (Lipinski definition) is 10. The molecule has 2 saturated heterocycles. The third-order valence-corrected chi connectivity index (χ3v) is 11.1. The van der Waals surface area contributed by atoms with E-state index in [0.29, 0.717) is 45.1 Å². The van der Waals surface area contributed by atoms with Gasteiger partial charge in [-0.3, -0.25) is 14.4 Å². The molecule has 0 radical (unpaired) electrons. The highest BCUT2D eigenvalue weighted by Gasteiger charge is 2.46. The average molecular weight is 871 g/mol.